The van der Waals surface area contributed by atoms with Crippen molar-refractivity contribution in [1.82, 2.24) is 0 Å². The molecule has 4 nitrogen and oxygen atoms in total. The van der Waals surface area contributed by atoms with Crippen LogP contribution in [0, 0.1) is 11.0 Å². The van der Waals surface area contributed by atoms with Crippen LogP contribution in [0.2, 0.25) is 0 Å². The van der Waals surface area contributed by atoms with E-state index in [0.717, 1.165) is 0 Å². The number of nitrogens with zero attached hydrogens (tertiary/aromatic N) is 1. The fourth-order valence-corrected chi connectivity index (χ4v) is 1.33. The molecule has 0 radical (unpaired) electrons. The second-order valence-corrected chi connectivity index (χ2v) is 2.75. The van der Waals surface area contributed by atoms with Crippen molar-refractivity contribution in [3.63, 3.8) is 0 Å². The van der Waals surface area contributed by atoms with Crippen molar-refractivity contribution in [2.24, 2.45) is 0 Å². The minimum absolute atomic E-state index is 0.113. The van der Waals surface area contributed by atoms with Gasteiger partial charge in [-0.05, 0) is 0 Å². The first kappa shape index (κ1) is 7.97. The van der Waals surface area contributed by atoms with Crippen molar-refractivity contribution in [1.29, 1.82) is 0 Å². The van der Waals surface area contributed by atoms with Gasteiger partial charge in [-0.2, -0.15) is 9.12 Å². The lowest BCUT2D eigenvalue weighted by Gasteiger charge is -2.14. The van der Waals surface area contributed by atoms with E-state index < -0.39 is 11.8 Å². The van der Waals surface area contributed by atoms with E-state index in [1.165, 1.54) is 6.20 Å². The predicted octanol–water partition coefficient (Wildman–Crippen LogP) is 0.172. The Bertz CT molecular complexity index is 378. The summed E-state index contributed by atoms with van der Waals surface area (Å²) in [6.07, 6.45) is 2.30. The molecule has 2 rings (SSSR count). The van der Waals surface area contributed by atoms with Gasteiger partial charge in [-0.15, -0.1) is 0 Å². The van der Waals surface area contributed by atoms with Crippen LogP contribution in [0.25, 0.3) is 0 Å². The maximum absolute atomic E-state index is 13.1. The van der Waals surface area contributed by atoms with Gasteiger partial charge in [0.15, 0.2) is 6.20 Å². The van der Waals surface area contributed by atoms with Gasteiger partial charge in [0.1, 0.15) is 5.56 Å². The van der Waals surface area contributed by atoms with Gasteiger partial charge in [0.25, 0.3) is 0 Å². The number of pyridine rings is 1. The van der Waals surface area contributed by atoms with Crippen molar-refractivity contribution in [3.8, 4) is 0 Å². The maximum atomic E-state index is 13.1. The third-order valence-corrected chi connectivity index (χ3v) is 1.89. The lowest BCUT2D eigenvalue weighted by Crippen LogP contribution is -2.31. The standard InChI is InChI=1S/C8H6FNO3/c9-6-4-10(12)3-5-1-2-13-8(11)7(5)6/h3-4H,1-2H2. The van der Waals surface area contributed by atoms with Crippen LogP contribution in [-0.2, 0) is 11.2 Å². The van der Waals surface area contributed by atoms with E-state index in [4.69, 9.17) is 0 Å². The highest BCUT2D eigenvalue weighted by Crippen LogP contribution is 2.17. The summed E-state index contributed by atoms with van der Waals surface area (Å²) < 4.78 is 18.0. The number of fused-ring (bicyclic) bond motifs is 1. The van der Waals surface area contributed by atoms with Crippen LogP contribution in [0.5, 0.6) is 0 Å². The summed E-state index contributed by atoms with van der Waals surface area (Å²) in [4.78, 5) is 11.0. The van der Waals surface area contributed by atoms with Gasteiger partial charge in [0.2, 0.25) is 12.0 Å². The zero-order chi connectivity index (χ0) is 9.42. The fourth-order valence-electron chi connectivity index (χ4n) is 1.33. The first-order valence-corrected chi connectivity index (χ1v) is 3.77. The summed E-state index contributed by atoms with van der Waals surface area (Å²) in [7, 11) is 0. The van der Waals surface area contributed by atoms with E-state index in [9.17, 15) is 14.4 Å². The number of ether oxygens (including phenoxy) is 1. The van der Waals surface area contributed by atoms with Crippen LogP contribution in [0.4, 0.5) is 4.39 Å². The Morgan fingerprint density at radius 3 is 3.08 bits per heavy atom. The lowest BCUT2D eigenvalue weighted by molar-refractivity contribution is -0.607. The molecule has 0 fully saturated rings. The molecule has 1 aromatic heterocycles. The fraction of sp³-hybridized carbons (Fsp3) is 0.250. The monoisotopic (exact) mass is 183 g/mol. The van der Waals surface area contributed by atoms with E-state index in [0.29, 0.717) is 22.9 Å². The van der Waals surface area contributed by atoms with Crippen molar-refractivity contribution in [2.45, 2.75) is 6.42 Å². The predicted molar refractivity (Wildman–Crippen MR) is 39.3 cm³/mol. The molecule has 0 saturated carbocycles. The van der Waals surface area contributed by atoms with Crippen LogP contribution in [0.3, 0.4) is 0 Å². The Morgan fingerprint density at radius 2 is 2.31 bits per heavy atom. The third-order valence-electron chi connectivity index (χ3n) is 1.89. The summed E-state index contributed by atoms with van der Waals surface area (Å²) in [5, 5.41) is 10.8. The van der Waals surface area contributed by atoms with E-state index in [1.54, 1.807) is 0 Å². The van der Waals surface area contributed by atoms with E-state index in [1.807, 2.05) is 0 Å². The Hall–Kier alpha value is -1.65. The number of hydrogen-bond acceptors (Lipinski definition) is 3. The van der Waals surface area contributed by atoms with Crippen molar-refractivity contribution in [2.75, 3.05) is 6.61 Å². The third kappa shape index (κ3) is 1.22. The summed E-state index contributed by atoms with van der Waals surface area (Å²) in [5.41, 5.74) is 0.296. The molecule has 1 aliphatic rings. The van der Waals surface area contributed by atoms with E-state index in [-0.39, 0.29) is 12.2 Å². The SMILES string of the molecule is O=C1OCCc2c[n+]([O-])cc(F)c21. The number of carbonyl (C=O) groups excluding carboxylic acids is 1. The normalized spacial score (nSPS) is 15.0. The van der Waals surface area contributed by atoms with E-state index >= 15 is 0 Å². The number of rotatable bonds is 0. The molecule has 0 bridgehead atoms. The van der Waals surface area contributed by atoms with Crippen molar-refractivity contribution >= 4 is 5.97 Å². The second-order valence-electron chi connectivity index (χ2n) is 2.75. The molecule has 0 saturated heterocycles. The number of esters is 1. The topological polar surface area (TPSA) is 53.2 Å². The van der Waals surface area contributed by atoms with Gasteiger partial charge in [-0.1, -0.05) is 0 Å². The highest BCUT2D eigenvalue weighted by atomic mass is 19.1. The molecule has 0 unspecified atom stereocenters. The lowest BCUT2D eigenvalue weighted by atomic mass is 10.1. The average Bonchev–Trinajstić information content (AvgIpc) is 2.02. The van der Waals surface area contributed by atoms with Gasteiger partial charge < -0.3 is 9.94 Å². The zero-order valence-electron chi connectivity index (χ0n) is 6.62. The summed E-state index contributed by atoms with van der Waals surface area (Å²) >= 11 is 0. The van der Waals surface area contributed by atoms with Crippen LogP contribution < -0.4 is 4.73 Å². The maximum Gasteiger partial charge on any atom is 0.341 e. The molecule has 1 aliphatic heterocycles. The molecule has 0 aromatic carbocycles. The van der Waals surface area contributed by atoms with Crippen LogP contribution in [0.15, 0.2) is 12.4 Å². The molecule has 5 heteroatoms. The molecule has 0 N–H and O–H groups in total. The Balaban J connectivity index is 2.63. The smallest absolute Gasteiger partial charge is 0.341 e. The first-order valence-electron chi connectivity index (χ1n) is 3.77. The average molecular weight is 183 g/mol. The Morgan fingerprint density at radius 1 is 1.54 bits per heavy atom. The second kappa shape index (κ2) is 2.69. The molecule has 68 valence electrons. The number of cyclic esters (lactones) is 1. The van der Waals surface area contributed by atoms with Gasteiger partial charge in [-0.3, -0.25) is 0 Å². The minimum atomic E-state index is -0.822. The zero-order valence-corrected chi connectivity index (χ0v) is 6.62. The Kier molecular flexibility index (Phi) is 1.65. The van der Waals surface area contributed by atoms with Gasteiger partial charge in [0.05, 0.1) is 6.61 Å². The number of hydrogen-bond donors (Lipinski definition) is 0. The van der Waals surface area contributed by atoms with Crippen LogP contribution in [0.1, 0.15) is 15.9 Å². The molecule has 2 heterocycles. The van der Waals surface area contributed by atoms with Gasteiger partial charge in [0, 0.05) is 12.0 Å². The van der Waals surface area contributed by atoms with Gasteiger partial charge >= 0.3 is 5.97 Å². The first-order chi connectivity index (χ1) is 6.18. The molecule has 1 aromatic rings. The van der Waals surface area contributed by atoms with Crippen molar-refractivity contribution in [3.05, 3.63) is 34.5 Å². The molecule has 0 atom stereocenters. The highest BCUT2D eigenvalue weighted by molar-refractivity contribution is 5.91. The highest BCUT2D eigenvalue weighted by Gasteiger charge is 2.25. The minimum Gasteiger partial charge on any atom is -0.619 e. The summed E-state index contributed by atoms with van der Waals surface area (Å²) in [6, 6.07) is 0. The summed E-state index contributed by atoms with van der Waals surface area (Å²) in [5.74, 6) is -1.52. The molecule has 13 heavy (non-hydrogen) atoms. The number of halogens is 1. The Labute approximate surface area is 73.1 Å². The van der Waals surface area contributed by atoms with Crippen molar-refractivity contribution < 1.29 is 18.7 Å². The largest absolute Gasteiger partial charge is 0.619 e. The van der Waals surface area contributed by atoms with Crippen LogP contribution in [-0.4, -0.2) is 12.6 Å². The molecule has 0 aliphatic carbocycles. The van der Waals surface area contributed by atoms with E-state index in [2.05, 4.69) is 4.74 Å². The molecule has 0 amide bonds. The quantitative estimate of drug-likeness (QED) is 0.327. The summed E-state index contributed by atoms with van der Waals surface area (Å²) in [6.45, 7) is 0.204. The molecular weight excluding hydrogens is 177 g/mol. The number of carbonyl (C=O) groups is 1. The molecule has 0 spiro atoms. The van der Waals surface area contributed by atoms with Crippen LogP contribution >= 0.6 is 0 Å². The van der Waals surface area contributed by atoms with Gasteiger partial charge in [-0.25, -0.2) is 4.79 Å². The number of aromatic nitrogens is 1. The molecular formula is C8H6FNO3.